The number of rotatable bonds is 1. The van der Waals surface area contributed by atoms with Gasteiger partial charge < -0.3 is 5.21 Å². The van der Waals surface area contributed by atoms with Gasteiger partial charge >= 0.3 is 0 Å². The van der Waals surface area contributed by atoms with Crippen molar-refractivity contribution in [2.45, 2.75) is 6.92 Å². The molecule has 0 unspecified atom stereocenters. The summed E-state index contributed by atoms with van der Waals surface area (Å²) < 4.78 is 0. The SMILES string of the molecule is Cc1ncccc1C=NO. The maximum atomic E-state index is 8.19. The van der Waals surface area contributed by atoms with E-state index in [9.17, 15) is 0 Å². The Kier molecular flexibility index (Phi) is 1.99. The maximum absolute atomic E-state index is 8.19. The normalized spacial score (nSPS) is 10.5. The minimum atomic E-state index is 0.838. The molecule has 1 rings (SSSR count). The molecule has 0 aliphatic rings. The van der Waals surface area contributed by atoms with E-state index in [0.29, 0.717) is 0 Å². The van der Waals surface area contributed by atoms with Gasteiger partial charge in [-0.05, 0) is 19.1 Å². The molecule has 1 aromatic heterocycles. The van der Waals surface area contributed by atoms with Gasteiger partial charge in [0.15, 0.2) is 0 Å². The molecule has 10 heavy (non-hydrogen) atoms. The molecular weight excluding hydrogens is 128 g/mol. The van der Waals surface area contributed by atoms with Crippen LogP contribution < -0.4 is 0 Å². The molecule has 0 aliphatic heterocycles. The molecule has 0 saturated heterocycles. The summed E-state index contributed by atoms with van der Waals surface area (Å²) in [6, 6.07) is 3.63. The smallest absolute Gasteiger partial charge is 0.0752 e. The number of nitrogens with zero attached hydrogens (tertiary/aromatic N) is 2. The zero-order valence-electron chi connectivity index (χ0n) is 5.65. The van der Waals surface area contributed by atoms with Crippen molar-refractivity contribution in [3.63, 3.8) is 0 Å². The number of aryl methyl sites for hydroxylation is 1. The predicted octanol–water partition coefficient (Wildman–Crippen LogP) is 1.20. The molecule has 0 radical (unpaired) electrons. The average molecular weight is 136 g/mol. The highest BCUT2D eigenvalue weighted by Crippen LogP contribution is 1.98. The third kappa shape index (κ3) is 1.31. The summed E-state index contributed by atoms with van der Waals surface area (Å²) in [5.74, 6) is 0. The van der Waals surface area contributed by atoms with E-state index < -0.39 is 0 Å². The van der Waals surface area contributed by atoms with Gasteiger partial charge in [-0.1, -0.05) is 5.16 Å². The van der Waals surface area contributed by atoms with Crippen LogP contribution in [0.1, 0.15) is 11.3 Å². The Balaban J connectivity index is 3.03. The van der Waals surface area contributed by atoms with E-state index in [1.54, 1.807) is 12.3 Å². The fraction of sp³-hybridized carbons (Fsp3) is 0.143. The average Bonchev–Trinajstić information content (AvgIpc) is 1.94. The highest BCUT2D eigenvalue weighted by molar-refractivity contribution is 5.80. The summed E-state index contributed by atoms with van der Waals surface area (Å²) >= 11 is 0. The van der Waals surface area contributed by atoms with E-state index in [-0.39, 0.29) is 0 Å². The first-order valence-electron chi connectivity index (χ1n) is 2.93. The van der Waals surface area contributed by atoms with E-state index in [4.69, 9.17) is 5.21 Å². The molecule has 3 nitrogen and oxygen atoms in total. The number of pyridine rings is 1. The van der Waals surface area contributed by atoms with Crippen molar-refractivity contribution in [1.29, 1.82) is 0 Å². The third-order valence-electron chi connectivity index (χ3n) is 1.24. The quantitative estimate of drug-likeness (QED) is 0.358. The Bertz CT molecular complexity index is 245. The summed E-state index contributed by atoms with van der Waals surface area (Å²) in [4.78, 5) is 4.00. The van der Waals surface area contributed by atoms with Crippen molar-refractivity contribution in [2.75, 3.05) is 0 Å². The lowest BCUT2D eigenvalue weighted by atomic mass is 10.2. The zero-order chi connectivity index (χ0) is 7.40. The summed E-state index contributed by atoms with van der Waals surface area (Å²) in [6.45, 7) is 1.86. The second kappa shape index (κ2) is 2.96. The molecule has 0 saturated carbocycles. The Labute approximate surface area is 59.0 Å². The van der Waals surface area contributed by atoms with Crippen LogP contribution in [0.25, 0.3) is 0 Å². The number of aromatic nitrogens is 1. The van der Waals surface area contributed by atoms with Gasteiger partial charge in [0.2, 0.25) is 0 Å². The molecule has 0 spiro atoms. The van der Waals surface area contributed by atoms with E-state index in [1.807, 2.05) is 13.0 Å². The van der Waals surface area contributed by atoms with Gasteiger partial charge in [0.25, 0.3) is 0 Å². The van der Waals surface area contributed by atoms with Crippen molar-refractivity contribution in [3.05, 3.63) is 29.6 Å². The third-order valence-corrected chi connectivity index (χ3v) is 1.24. The van der Waals surface area contributed by atoms with E-state index in [1.165, 1.54) is 6.21 Å². The lowest BCUT2D eigenvalue weighted by Crippen LogP contribution is -1.88. The molecule has 3 heteroatoms. The van der Waals surface area contributed by atoms with Crippen LogP contribution >= 0.6 is 0 Å². The predicted molar refractivity (Wildman–Crippen MR) is 38.4 cm³/mol. The Morgan fingerprint density at radius 3 is 3.10 bits per heavy atom. The lowest BCUT2D eigenvalue weighted by molar-refractivity contribution is 0.322. The second-order valence-corrected chi connectivity index (χ2v) is 1.92. The van der Waals surface area contributed by atoms with Crippen LogP contribution in [0.2, 0.25) is 0 Å². The first-order valence-corrected chi connectivity index (χ1v) is 2.93. The fourth-order valence-corrected chi connectivity index (χ4v) is 0.695. The van der Waals surface area contributed by atoms with Crippen molar-refractivity contribution >= 4 is 6.21 Å². The molecule has 0 bridgehead atoms. The topological polar surface area (TPSA) is 45.5 Å². The number of hydrogen-bond acceptors (Lipinski definition) is 3. The van der Waals surface area contributed by atoms with Crippen LogP contribution in [0.15, 0.2) is 23.5 Å². The highest BCUT2D eigenvalue weighted by atomic mass is 16.4. The van der Waals surface area contributed by atoms with Gasteiger partial charge in [0.05, 0.1) is 6.21 Å². The highest BCUT2D eigenvalue weighted by Gasteiger charge is 1.91. The molecular formula is C7H8N2O. The van der Waals surface area contributed by atoms with E-state index >= 15 is 0 Å². The minimum Gasteiger partial charge on any atom is -0.411 e. The molecule has 0 atom stereocenters. The summed E-state index contributed by atoms with van der Waals surface area (Å²) in [7, 11) is 0. The molecule has 1 heterocycles. The molecule has 0 fully saturated rings. The molecule has 52 valence electrons. The summed E-state index contributed by atoms with van der Waals surface area (Å²) in [5.41, 5.74) is 1.70. The lowest BCUT2D eigenvalue weighted by Gasteiger charge is -1.93. The van der Waals surface area contributed by atoms with Crippen molar-refractivity contribution < 1.29 is 5.21 Å². The van der Waals surface area contributed by atoms with Gasteiger partial charge in [0, 0.05) is 17.5 Å². The Morgan fingerprint density at radius 2 is 2.50 bits per heavy atom. The standard InChI is InChI=1S/C7H8N2O/c1-6-7(5-9-10)3-2-4-8-6/h2-5,10H,1H3. The van der Waals surface area contributed by atoms with Crippen LogP contribution in [-0.2, 0) is 0 Å². The van der Waals surface area contributed by atoms with Crippen LogP contribution in [0, 0.1) is 6.92 Å². The largest absolute Gasteiger partial charge is 0.411 e. The van der Waals surface area contributed by atoms with Crippen molar-refractivity contribution in [1.82, 2.24) is 4.98 Å². The van der Waals surface area contributed by atoms with Crippen LogP contribution in [0.3, 0.4) is 0 Å². The first-order chi connectivity index (χ1) is 4.84. The van der Waals surface area contributed by atoms with Crippen LogP contribution in [0.5, 0.6) is 0 Å². The summed E-state index contributed by atoms with van der Waals surface area (Å²) in [6.07, 6.45) is 3.06. The van der Waals surface area contributed by atoms with E-state index in [2.05, 4.69) is 10.1 Å². The van der Waals surface area contributed by atoms with Gasteiger partial charge in [-0.2, -0.15) is 0 Å². The monoisotopic (exact) mass is 136 g/mol. The fourth-order valence-electron chi connectivity index (χ4n) is 0.695. The molecule has 0 amide bonds. The zero-order valence-corrected chi connectivity index (χ0v) is 5.65. The molecule has 1 aromatic rings. The minimum absolute atomic E-state index is 0.838. The summed E-state index contributed by atoms with van der Waals surface area (Å²) in [5, 5.41) is 11.1. The second-order valence-electron chi connectivity index (χ2n) is 1.92. The van der Waals surface area contributed by atoms with Crippen molar-refractivity contribution in [2.24, 2.45) is 5.16 Å². The van der Waals surface area contributed by atoms with Crippen molar-refractivity contribution in [3.8, 4) is 0 Å². The van der Waals surface area contributed by atoms with Gasteiger partial charge in [0.1, 0.15) is 0 Å². The van der Waals surface area contributed by atoms with Gasteiger partial charge in [-0.15, -0.1) is 0 Å². The number of oxime groups is 1. The van der Waals surface area contributed by atoms with E-state index in [0.717, 1.165) is 11.3 Å². The first kappa shape index (κ1) is 6.74. The molecule has 0 aromatic carbocycles. The van der Waals surface area contributed by atoms with Crippen LogP contribution in [0.4, 0.5) is 0 Å². The molecule has 1 N–H and O–H groups in total. The van der Waals surface area contributed by atoms with Gasteiger partial charge in [-0.3, -0.25) is 4.98 Å². The Hall–Kier alpha value is -1.38. The van der Waals surface area contributed by atoms with Crippen LogP contribution in [-0.4, -0.2) is 16.4 Å². The maximum Gasteiger partial charge on any atom is 0.0752 e. The number of hydrogen-bond donors (Lipinski definition) is 1. The molecule has 0 aliphatic carbocycles. The van der Waals surface area contributed by atoms with Gasteiger partial charge in [-0.25, -0.2) is 0 Å². The Morgan fingerprint density at radius 1 is 1.70 bits per heavy atom.